The van der Waals surface area contributed by atoms with Crippen LogP contribution >= 0.6 is 11.6 Å². The molecule has 5 heteroatoms. The molecule has 0 heterocycles. The summed E-state index contributed by atoms with van der Waals surface area (Å²) in [6.45, 7) is 4.67. The van der Waals surface area contributed by atoms with E-state index < -0.39 is 6.10 Å². The van der Waals surface area contributed by atoms with Gasteiger partial charge in [0, 0.05) is 11.6 Å². The smallest absolute Gasteiger partial charge is 0.261 e. The van der Waals surface area contributed by atoms with Crippen LogP contribution in [0.25, 0.3) is 0 Å². The van der Waals surface area contributed by atoms with Crippen molar-refractivity contribution in [2.75, 3.05) is 6.61 Å². The normalized spacial score (nSPS) is 11.6. The van der Waals surface area contributed by atoms with Gasteiger partial charge in [-0.2, -0.15) is 0 Å². The third kappa shape index (κ3) is 5.49. The van der Waals surface area contributed by atoms with Gasteiger partial charge in [0.2, 0.25) is 0 Å². The summed E-state index contributed by atoms with van der Waals surface area (Å²) < 4.78 is 11.0. The number of rotatable bonds is 7. The van der Waals surface area contributed by atoms with E-state index in [0.29, 0.717) is 23.9 Å². The number of amides is 1. The number of benzene rings is 2. The van der Waals surface area contributed by atoms with Gasteiger partial charge in [0.25, 0.3) is 5.91 Å². The molecule has 0 bridgehead atoms. The van der Waals surface area contributed by atoms with Crippen molar-refractivity contribution in [3.8, 4) is 11.5 Å². The van der Waals surface area contributed by atoms with Gasteiger partial charge in [0.05, 0.1) is 6.61 Å². The van der Waals surface area contributed by atoms with Crippen LogP contribution in [0.2, 0.25) is 5.02 Å². The van der Waals surface area contributed by atoms with Gasteiger partial charge in [-0.05, 0) is 49.7 Å². The Kier molecular flexibility index (Phi) is 6.29. The van der Waals surface area contributed by atoms with E-state index in [1.165, 1.54) is 0 Å². The summed E-state index contributed by atoms with van der Waals surface area (Å²) in [6, 6.07) is 14.6. The Morgan fingerprint density at radius 2 is 1.91 bits per heavy atom. The van der Waals surface area contributed by atoms with Crippen LogP contribution in [-0.4, -0.2) is 18.6 Å². The van der Waals surface area contributed by atoms with E-state index in [9.17, 15) is 4.79 Å². The van der Waals surface area contributed by atoms with Gasteiger partial charge in [-0.1, -0.05) is 29.8 Å². The number of ether oxygens (including phenoxy) is 2. The lowest BCUT2D eigenvalue weighted by atomic mass is 10.2. The van der Waals surface area contributed by atoms with Crippen LogP contribution in [0.1, 0.15) is 19.4 Å². The van der Waals surface area contributed by atoms with Gasteiger partial charge >= 0.3 is 0 Å². The van der Waals surface area contributed by atoms with Crippen molar-refractivity contribution in [3.63, 3.8) is 0 Å². The quantitative estimate of drug-likeness (QED) is 0.837. The Bertz CT molecular complexity index is 660. The second-order valence-electron chi connectivity index (χ2n) is 5.02. The molecule has 0 aliphatic heterocycles. The van der Waals surface area contributed by atoms with Crippen molar-refractivity contribution >= 4 is 17.5 Å². The maximum atomic E-state index is 12.1. The standard InChI is InChI=1S/C18H20ClNO3/c1-3-22-16-8-4-6-14(10-16)12-20-18(21)13(2)23-17-9-5-7-15(19)11-17/h4-11,13H,3,12H2,1-2H3,(H,20,21)/t13-/m1/s1. The third-order valence-electron chi connectivity index (χ3n) is 3.15. The first kappa shape index (κ1) is 17.2. The average molecular weight is 334 g/mol. The number of halogens is 1. The van der Waals surface area contributed by atoms with Gasteiger partial charge in [-0.25, -0.2) is 0 Å². The molecular weight excluding hydrogens is 314 g/mol. The summed E-state index contributed by atoms with van der Waals surface area (Å²) >= 11 is 5.90. The lowest BCUT2D eigenvalue weighted by Crippen LogP contribution is -2.35. The number of carbonyl (C=O) groups excluding carboxylic acids is 1. The molecule has 0 unspecified atom stereocenters. The fourth-order valence-corrected chi connectivity index (χ4v) is 2.22. The molecular formula is C18H20ClNO3. The molecule has 23 heavy (non-hydrogen) atoms. The predicted molar refractivity (Wildman–Crippen MR) is 91.0 cm³/mol. The molecule has 2 aromatic rings. The molecule has 0 saturated heterocycles. The Hall–Kier alpha value is -2.20. The number of hydrogen-bond acceptors (Lipinski definition) is 3. The van der Waals surface area contributed by atoms with E-state index in [0.717, 1.165) is 11.3 Å². The Labute approximate surface area is 141 Å². The molecule has 0 aliphatic carbocycles. The molecule has 0 saturated carbocycles. The van der Waals surface area contributed by atoms with Crippen molar-refractivity contribution in [3.05, 3.63) is 59.1 Å². The van der Waals surface area contributed by atoms with E-state index in [1.807, 2.05) is 31.2 Å². The summed E-state index contributed by atoms with van der Waals surface area (Å²) in [6.07, 6.45) is -0.608. The molecule has 0 radical (unpaired) electrons. The topological polar surface area (TPSA) is 47.6 Å². The molecule has 0 aromatic heterocycles. The maximum absolute atomic E-state index is 12.1. The Balaban J connectivity index is 1.87. The summed E-state index contributed by atoms with van der Waals surface area (Å²) in [5, 5.41) is 3.42. The second-order valence-corrected chi connectivity index (χ2v) is 5.45. The highest BCUT2D eigenvalue weighted by molar-refractivity contribution is 6.30. The fraction of sp³-hybridized carbons (Fsp3) is 0.278. The van der Waals surface area contributed by atoms with Crippen LogP contribution in [0.15, 0.2) is 48.5 Å². The molecule has 1 amide bonds. The fourth-order valence-electron chi connectivity index (χ4n) is 2.04. The van der Waals surface area contributed by atoms with E-state index in [4.69, 9.17) is 21.1 Å². The molecule has 2 rings (SSSR count). The first-order valence-corrected chi connectivity index (χ1v) is 7.88. The van der Waals surface area contributed by atoms with E-state index in [2.05, 4.69) is 5.32 Å². The van der Waals surface area contributed by atoms with Gasteiger partial charge in [-0.15, -0.1) is 0 Å². The molecule has 1 atom stereocenters. The predicted octanol–water partition coefficient (Wildman–Crippen LogP) is 3.82. The van der Waals surface area contributed by atoms with Crippen LogP contribution in [0.3, 0.4) is 0 Å². The zero-order valence-electron chi connectivity index (χ0n) is 13.2. The van der Waals surface area contributed by atoms with Crippen molar-refractivity contribution in [2.45, 2.75) is 26.5 Å². The minimum absolute atomic E-state index is 0.188. The number of hydrogen-bond donors (Lipinski definition) is 1. The molecule has 0 spiro atoms. The van der Waals surface area contributed by atoms with Gasteiger partial charge < -0.3 is 14.8 Å². The Morgan fingerprint density at radius 1 is 1.17 bits per heavy atom. The van der Waals surface area contributed by atoms with Gasteiger partial charge in [0.1, 0.15) is 11.5 Å². The highest BCUT2D eigenvalue weighted by Gasteiger charge is 2.14. The highest BCUT2D eigenvalue weighted by atomic mass is 35.5. The summed E-state index contributed by atoms with van der Waals surface area (Å²) in [4.78, 5) is 12.1. The number of nitrogens with one attached hydrogen (secondary N) is 1. The highest BCUT2D eigenvalue weighted by Crippen LogP contribution is 2.18. The maximum Gasteiger partial charge on any atom is 0.261 e. The van der Waals surface area contributed by atoms with Crippen LogP contribution in [0.5, 0.6) is 11.5 Å². The number of carbonyl (C=O) groups is 1. The summed E-state index contributed by atoms with van der Waals surface area (Å²) in [5.74, 6) is 1.17. The zero-order valence-corrected chi connectivity index (χ0v) is 14.0. The SMILES string of the molecule is CCOc1cccc(CNC(=O)[C@@H](C)Oc2cccc(Cl)c2)c1. The lowest BCUT2D eigenvalue weighted by Gasteiger charge is -2.15. The second kappa shape index (κ2) is 8.44. The minimum Gasteiger partial charge on any atom is -0.494 e. The zero-order chi connectivity index (χ0) is 16.7. The first-order valence-electron chi connectivity index (χ1n) is 7.50. The molecule has 0 fully saturated rings. The van der Waals surface area contributed by atoms with Crippen LogP contribution in [0, 0.1) is 0 Å². The van der Waals surface area contributed by atoms with Gasteiger partial charge in [-0.3, -0.25) is 4.79 Å². The monoisotopic (exact) mass is 333 g/mol. The van der Waals surface area contributed by atoms with Crippen molar-refractivity contribution < 1.29 is 14.3 Å². The van der Waals surface area contributed by atoms with Crippen molar-refractivity contribution in [2.24, 2.45) is 0 Å². The Morgan fingerprint density at radius 3 is 2.65 bits per heavy atom. The summed E-state index contributed by atoms with van der Waals surface area (Å²) in [5.41, 5.74) is 0.972. The van der Waals surface area contributed by atoms with Crippen LogP contribution in [0.4, 0.5) is 0 Å². The minimum atomic E-state index is -0.608. The molecule has 0 aliphatic rings. The van der Waals surface area contributed by atoms with Crippen LogP contribution < -0.4 is 14.8 Å². The summed E-state index contributed by atoms with van der Waals surface area (Å²) in [7, 11) is 0. The lowest BCUT2D eigenvalue weighted by molar-refractivity contribution is -0.127. The molecule has 1 N–H and O–H groups in total. The average Bonchev–Trinajstić information content (AvgIpc) is 2.53. The first-order chi connectivity index (χ1) is 11.1. The van der Waals surface area contributed by atoms with Crippen molar-refractivity contribution in [1.29, 1.82) is 0 Å². The molecule has 4 nitrogen and oxygen atoms in total. The van der Waals surface area contributed by atoms with E-state index in [-0.39, 0.29) is 5.91 Å². The van der Waals surface area contributed by atoms with Crippen molar-refractivity contribution in [1.82, 2.24) is 5.32 Å². The van der Waals surface area contributed by atoms with E-state index in [1.54, 1.807) is 31.2 Å². The largest absolute Gasteiger partial charge is 0.494 e. The molecule has 122 valence electrons. The van der Waals surface area contributed by atoms with Gasteiger partial charge in [0.15, 0.2) is 6.10 Å². The third-order valence-corrected chi connectivity index (χ3v) is 3.39. The van der Waals surface area contributed by atoms with Crippen LogP contribution in [-0.2, 0) is 11.3 Å². The van der Waals surface area contributed by atoms with E-state index >= 15 is 0 Å². The molecule has 2 aromatic carbocycles.